The summed E-state index contributed by atoms with van der Waals surface area (Å²) in [6, 6.07) is 0.0835. The van der Waals surface area contributed by atoms with Crippen LogP contribution in [-0.4, -0.2) is 42.7 Å². The Bertz CT molecular complexity index is 206. The average Bonchev–Trinajstić information content (AvgIpc) is 2.10. The van der Waals surface area contributed by atoms with E-state index in [4.69, 9.17) is 17.2 Å². The van der Waals surface area contributed by atoms with E-state index in [0.717, 1.165) is 13.0 Å². The van der Waals surface area contributed by atoms with E-state index >= 15 is 0 Å². The standard InChI is InChI=1S/C12H30N4/c1-9(10(13)7-8-16(5)6)12(4,15)11(2,3)14/h9-10H,7-8,13-15H2,1-6H3. The zero-order valence-corrected chi connectivity index (χ0v) is 11.7. The van der Waals surface area contributed by atoms with Crippen molar-refractivity contribution >= 4 is 0 Å². The second-order valence-corrected chi connectivity index (χ2v) is 6.05. The van der Waals surface area contributed by atoms with Crippen molar-refractivity contribution in [1.29, 1.82) is 0 Å². The fourth-order valence-electron chi connectivity index (χ4n) is 1.69. The van der Waals surface area contributed by atoms with Crippen LogP contribution in [0, 0.1) is 5.92 Å². The average molecular weight is 230 g/mol. The Balaban J connectivity index is 4.48. The highest BCUT2D eigenvalue weighted by molar-refractivity contribution is 5.04. The van der Waals surface area contributed by atoms with Gasteiger partial charge in [-0.3, -0.25) is 0 Å². The number of hydrogen-bond acceptors (Lipinski definition) is 4. The molecule has 0 spiro atoms. The van der Waals surface area contributed by atoms with Gasteiger partial charge in [-0.05, 0) is 53.8 Å². The summed E-state index contributed by atoms with van der Waals surface area (Å²) in [7, 11) is 4.10. The van der Waals surface area contributed by atoms with Crippen LogP contribution in [0.25, 0.3) is 0 Å². The third kappa shape index (κ3) is 4.01. The topological polar surface area (TPSA) is 81.3 Å². The fraction of sp³-hybridized carbons (Fsp3) is 1.00. The van der Waals surface area contributed by atoms with Crippen LogP contribution in [0.15, 0.2) is 0 Å². The summed E-state index contributed by atoms with van der Waals surface area (Å²) in [4.78, 5) is 2.13. The predicted molar refractivity (Wildman–Crippen MR) is 71.2 cm³/mol. The van der Waals surface area contributed by atoms with Crippen LogP contribution in [0.3, 0.4) is 0 Å². The van der Waals surface area contributed by atoms with Gasteiger partial charge in [0.25, 0.3) is 0 Å². The Morgan fingerprint density at radius 3 is 1.88 bits per heavy atom. The second-order valence-electron chi connectivity index (χ2n) is 6.05. The Morgan fingerprint density at radius 2 is 1.56 bits per heavy atom. The largest absolute Gasteiger partial charge is 0.327 e. The molecule has 4 heteroatoms. The van der Waals surface area contributed by atoms with Crippen molar-refractivity contribution in [3.8, 4) is 0 Å². The van der Waals surface area contributed by atoms with E-state index in [2.05, 4.69) is 11.8 Å². The quantitative estimate of drug-likeness (QED) is 0.615. The lowest BCUT2D eigenvalue weighted by atomic mass is 9.70. The van der Waals surface area contributed by atoms with E-state index in [1.165, 1.54) is 0 Å². The third-order valence-electron chi connectivity index (χ3n) is 3.89. The van der Waals surface area contributed by atoms with E-state index in [-0.39, 0.29) is 12.0 Å². The zero-order valence-electron chi connectivity index (χ0n) is 11.7. The van der Waals surface area contributed by atoms with E-state index in [1.54, 1.807) is 0 Å². The van der Waals surface area contributed by atoms with Crippen molar-refractivity contribution in [3.05, 3.63) is 0 Å². The van der Waals surface area contributed by atoms with Crippen molar-refractivity contribution in [3.63, 3.8) is 0 Å². The lowest BCUT2D eigenvalue weighted by Crippen LogP contribution is -2.67. The van der Waals surface area contributed by atoms with E-state index in [0.29, 0.717) is 0 Å². The minimum atomic E-state index is -0.460. The van der Waals surface area contributed by atoms with Crippen LogP contribution in [-0.2, 0) is 0 Å². The smallest absolute Gasteiger partial charge is 0.0343 e. The van der Waals surface area contributed by atoms with Gasteiger partial charge in [-0.2, -0.15) is 0 Å². The summed E-state index contributed by atoms with van der Waals surface area (Å²) in [5.74, 6) is 0.187. The number of rotatable bonds is 6. The molecule has 0 rings (SSSR count). The van der Waals surface area contributed by atoms with Gasteiger partial charge in [0.15, 0.2) is 0 Å². The molecule has 3 atom stereocenters. The zero-order chi connectivity index (χ0) is 13.1. The summed E-state index contributed by atoms with van der Waals surface area (Å²) in [6.45, 7) is 8.99. The molecule has 0 aromatic heterocycles. The number of nitrogens with two attached hydrogens (primary N) is 3. The number of hydrogen-bond donors (Lipinski definition) is 3. The van der Waals surface area contributed by atoms with E-state index < -0.39 is 11.1 Å². The molecule has 0 saturated carbocycles. The van der Waals surface area contributed by atoms with Gasteiger partial charge in [0, 0.05) is 17.1 Å². The first-order chi connectivity index (χ1) is 7.00. The van der Waals surface area contributed by atoms with Crippen LogP contribution < -0.4 is 17.2 Å². The Hall–Kier alpha value is -0.160. The maximum atomic E-state index is 6.33. The summed E-state index contributed by atoms with van der Waals surface area (Å²) in [5.41, 5.74) is 17.7. The number of nitrogens with zero attached hydrogens (tertiary/aromatic N) is 1. The molecule has 0 aliphatic carbocycles. The van der Waals surface area contributed by atoms with Crippen LogP contribution >= 0.6 is 0 Å². The van der Waals surface area contributed by atoms with Crippen molar-refractivity contribution < 1.29 is 0 Å². The van der Waals surface area contributed by atoms with Gasteiger partial charge in [0.2, 0.25) is 0 Å². The molecule has 0 amide bonds. The molecule has 16 heavy (non-hydrogen) atoms. The van der Waals surface area contributed by atoms with Gasteiger partial charge in [-0.25, -0.2) is 0 Å². The highest BCUT2D eigenvalue weighted by atomic mass is 15.1. The fourth-order valence-corrected chi connectivity index (χ4v) is 1.69. The first-order valence-corrected chi connectivity index (χ1v) is 5.98. The van der Waals surface area contributed by atoms with Crippen molar-refractivity contribution in [2.24, 2.45) is 23.1 Å². The minimum Gasteiger partial charge on any atom is -0.327 e. The molecule has 0 bridgehead atoms. The van der Waals surface area contributed by atoms with Gasteiger partial charge in [-0.15, -0.1) is 0 Å². The van der Waals surface area contributed by atoms with Gasteiger partial charge < -0.3 is 22.1 Å². The molecule has 0 aromatic rings. The molecular weight excluding hydrogens is 200 g/mol. The molecule has 0 saturated heterocycles. The van der Waals surface area contributed by atoms with Crippen LogP contribution in [0.4, 0.5) is 0 Å². The third-order valence-corrected chi connectivity index (χ3v) is 3.89. The summed E-state index contributed by atoms with van der Waals surface area (Å²) in [5, 5.41) is 0. The summed E-state index contributed by atoms with van der Waals surface area (Å²) < 4.78 is 0. The molecule has 0 aliphatic heterocycles. The van der Waals surface area contributed by atoms with Gasteiger partial charge in [0.1, 0.15) is 0 Å². The highest BCUT2D eigenvalue weighted by Crippen LogP contribution is 2.27. The first kappa shape index (κ1) is 15.8. The molecule has 98 valence electrons. The maximum Gasteiger partial charge on any atom is 0.0343 e. The minimum absolute atomic E-state index is 0.0835. The highest BCUT2D eigenvalue weighted by Gasteiger charge is 2.41. The lowest BCUT2D eigenvalue weighted by Gasteiger charge is -2.45. The molecule has 0 heterocycles. The first-order valence-electron chi connectivity index (χ1n) is 5.98. The normalized spacial score (nSPS) is 20.6. The molecule has 0 aromatic carbocycles. The second kappa shape index (κ2) is 5.45. The predicted octanol–water partition coefficient (Wildman–Crippen LogP) is 0.356. The monoisotopic (exact) mass is 230 g/mol. The Kier molecular flexibility index (Phi) is 5.39. The van der Waals surface area contributed by atoms with Crippen molar-refractivity contribution in [2.45, 2.75) is 51.2 Å². The van der Waals surface area contributed by atoms with Crippen LogP contribution in [0.5, 0.6) is 0 Å². The molecule has 6 N–H and O–H groups in total. The van der Waals surface area contributed by atoms with Crippen LogP contribution in [0.2, 0.25) is 0 Å². The van der Waals surface area contributed by atoms with Crippen molar-refractivity contribution in [1.82, 2.24) is 4.90 Å². The van der Waals surface area contributed by atoms with Crippen molar-refractivity contribution in [2.75, 3.05) is 20.6 Å². The SMILES string of the molecule is CC(C(N)CCN(C)C)C(C)(N)C(C)(C)N. The van der Waals surface area contributed by atoms with Gasteiger partial charge >= 0.3 is 0 Å². The maximum absolute atomic E-state index is 6.33. The summed E-state index contributed by atoms with van der Waals surface area (Å²) >= 11 is 0. The molecule has 3 unspecified atom stereocenters. The molecular formula is C12H30N4. The summed E-state index contributed by atoms with van der Waals surface area (Å²) in [6.07, 6.45) is 0.942. The molecule has 0 aliphatic rings. The van der Waals surface area contributed by atoms with Gasteiger partial charge in [0.05, 0.1) is 0 Å². The lowest BCUT2D eigenvalue weighted by molar-refractivity contribution is 0.165. The van der Waals surface area contributed by atoms with Crippen LogP contribution in [0.1, 0.15) is 34.1 Å². The molecule has 0 radical (unpaired) electrons. The molecule has 0 fully saturated rings. The van der Waals surface area contributed by atoms with E-state index in [1.807, 2.05) is 34.9 Å². The van der Waals surface area contributed by atoms with Gasteiger partial charge in [-0.1, -0.05) is 6.92 Å². The van der Waals surface area contributed by atoms with E-state index in [9.17, 15) is 0 Å². The molecule has 4 nitrogen and oxygen atoms in total. The Morgan fingerprint density at radius 1 is 1.12 bits per heavy atom. The Labute approximate surface area is 101 Å².